The van der Waals surface area contributed by atoms with E-state index in [1.807, 2.05) is 14.0 Å². The van der Waals surface area contributed by atoms with Crippen LogP contribution in [0, 0.1) is 12.8 Å². The van der Waals surface area contributed by atoms with E-state index in [1.165, 1.54) is 5.56 Å². The second-order valence-electron chi connectivity index (χ2n) is 6.26. The van der Waals surface area contributed by atoms with Crippen LogP contribution in [0.1, 0.15) is 24.5 Å². The average molecular weight is 290 g/mol. The van der Waals surface area contributed by atoms with Gasteiger partial charge in [0.2, 0.25) is 5.91 Å². The van der Waals surface area contributed by atoms with Crippen LogP contribution >= 0.6 is 0 Å². The quantitative estimate of drug-likeness (QED) is 0.897. The second-order valence-corrected chi connectivity index (χ2v) is 6.26. The minimum Gasteiger partial charge on any atom is -0.393 e. The van der Waals surface area contributed by atoms with Crippen molar-refractivity contribution < 1.29 is 9.90 Å². The standard InChI is InChI=1S/C17H26N2O2/c1-13-4-6-15(7-5-13)10-18(3)17(21)12-19-9-8-16(11-19)14(2)20/h4-7,14,16,20H,8-12H2,1-3H3. The molecule has 1 aliphatic heterocycles. The number of nitrogens with zero attached hydrogens (tertiary/aromatic N) is 2. The van der Waals surface area contributed by atoms with Crippen molar-refractivity contribution in [3.05, 3.63) is 35.4 Å². The molecule has 0 aliphatic carbocycles. The van der Waals surface area contributed by atoms with Crippen molar-refractivity contribution in [1.29, 1.82) is 0 Å². The van der Waals surface area contributed by atoms with E-state index >= 15 is 0 Å². The summed E-state index contributed by atoms with van der Waals surface area (Å²) in [4.78, 5) is 16.2. The van der Waals surface area contributed by atoms with Crippen LogP contribution in [-0.4, -0.2) is 53.6 Å². The van der Waals surface area contributed by atoms with Crippen molar-refractivity contribution in [1.82, 2.24) is 9.80 Å². The van der Waals surface area contributed by atoms with Crippen molar-refractivity contribution in [2.45, 2.75) is 32.9 Å². The molecule has 116 valence electrons. The Morgan fingerprint density at radius 3 is 2.67 bits per heavy atom. The fourth-order valence-electron chi connectivity index (χ4n) is 2.77. The van der Waals surface area contributed by atoms with E-state index < -0.39 is 0 Å². The van der Waals surface area contributed by atoms with Gasteiger partial charge in [0.1, 0.15) is 0 Å². The molecule has 0 bridgehead atoms. The summed E-state index contributed by atoms with van der Waals surface area (Å²) in [7, 11) is 1.85. The molecule has 4 nitrogen and oxygen atoms in total. The van der Waals surface area contributed by atoms with Crippen molar-refractivity contribution in [3.63, 3.8) is 0 Å². The van der Waals surface area contributed by atoms with Crippen LogP contribution in [-0.2, 0) is 11.3 Å². The fourth-order valence-corrected chi connectivity index (χ4v) is 2.77. The number of rotatable bonds is 5. The molecule has 1 aliphatic rings. The lowest BCUT2D eigenvalue weighted by molar-refractivity contribution is -0.131. The molecule has 1 saturated heterocycles. The minimum atomic E-state index is -0.282. The van der Waals surface area contributed by atoms with Crippen molar-refractivity contribution in [3.8, 4) is 0 Å². The Hall–Kier alpha value is -1.39. The molecule has 0 aromatic heterocycles. The molecular weight excluding hydrogens is 264 g/mol. The molecule has 1 aromatic carbocycles. The van der Waals surface area contributed by atoms with Crippen LogP contribution in [0.3, 0.4) is 0 Å². The molecular formula is C17H26N2O2. The van der Waals surface area contributed by atoms with Crippen LogP contribution in [0.5, 0.6) is 0 Å². The Morgan fingerprint density at radius 2 is 2.10 bits per heavy atom. The largest absolute Gasteiger partial charge is 0.393 e. The molecule has 1 N–H and O–H groups in total. The average Bonchev–Trinajstić information content (AvgIpc) is 2.90. The number of carbonyl (C=O) groups excluding carboxylic acids is 1. The number of aliphatic hydroxyl groups is 1. The highest BCUT2D eigenvalue weighted by molar-refractivity contribution is 5.78. The SMILES string of the molecule is Cc1ccc(CN(C)C(=O)CN2CCC(C(C)O)C2)cc1. The molecule has 2 unspecified atom stereocenters. The van der Waals surface area contributed by atoms with Gasteiger partial charge in [-0.1, -0.05) is 29.8 Å². The van der Waals surface area contributed by atoms with Gasteiger partial charge < -0.3 is 10.0 Å². The molecule has 0 radical (unpaired) electrons. The summed E-state index contributed by atoms with van der Waals surface area (Å²) >= 11 is 0. The lowest BCUT2D eigenvalue weighted by Crippen LogP contribution is -2.37. The Balaban J connectivity index is 1.81. The Kier molecular flexibility index (Phi) is 5.37. The van der Waals surface area contributed by atoms with Crippen LogP contribution in [0.4, 0.5) is 0 Å². The van der Waals surface area contributed by atoms with Gasteiger partial charge >= 0.3 is 0 Å². The van der Waals surface area contributed by atoms with Crippen LogP contribution in [0.25, 0.3) is 0 Å². The number of aliphatic hydroxyl groups excluding tert-OH is 1. The maximum Gasteiger partial charge on any atom is 0.236 e. The summed E-state index contributed by atoms with van der Waals surface area (Å²) in [5.41, 5.74) is 2.38. The highest BCUT2D eigenvalue weighted by atomic mass is 16.3. The van der Waals surface area contributed by atoms with Gasteiger partial charge in [0.05, 0.1) is 12.6 Å². The van der Waals surface area contributed by atoms with Crippen molar-refractivity contribution in [2.24, 2.45) is 5.92 Å². The van der Waals surface area contributed by atoms with Gasteiger partial charge in [-0.15, -0.1) is 0 Å². The molecule has 1 amide bonds. The van der Waals surface area contributed by atoms with Gasteiger partial charge in [-0.05, 0) is 38.3 Å². The number of amides is 1. The van der Waals surface area contributed by atoms with Crippen LogP contribution in [0.2, 0.25) is 0 Å². The second kappa shape index (κ2) is 7.05. The normalized spacial score (nSPS) is 20.5. The first kappa shape index (κ1) is 16.0. The highest BCUT2D eigenvalue weighted by Crippen LogP contribution is 2.19. The van der Waals surface area contributed by atoms with Crippen LogP contribution in [0.15, 0.2) is 24.3 Å². The zero-order valence-electron chi connectivity index (χ0n) is 13.2. The number of benzene rings is 1. The Morgan fingerprint density at radius 1 is 1.43 bits per heavy atom. The predicted molar refractivity (Wildman–Crippen MR) is 83.9 cm³/mol. The number of aryl methyl sites for hydroxylation is 1. The third kappa shape index (κ3) is 4.55. The van der Waals surface area contributed by atoms with E-state index in [9.17, 15) is 9.90 Å². The molecule has 4 heteroatoms. The van der Waals surface area contributed by atoms with Gasteiger partial charge in [-0.3, -0.25) is 9.69 Å². The zero-order chi connectivity index (χ0) is 15.4. The fraction of sp³-hybridized carbons (Fsp3) is 0.588. The first-order chi connectivity index (χ1) is 9.95. The summed E-state index contributed by atoms with van der Waals surface area (Å²) in [5.74, 6) is 0.446. The molecule has 2 rings (SSSR count). The number of likely N-dealkylation sites (tertiary alicyclic amines) is 1. The van der Waals surface area contributed by atoms with Gasteiger partial charge in [-0.2, -0.15) is 0 Å². The number of hydrogen-bond donors (Lipinski definition) is 1. The molecule has 0 saturated carbocycles. The van der Waals surface area contributed by atoms with Gasteiger partial charge in [0, 0.05) is 20.1 Å². The smallest absolute Gasteiger partial charge is 0.236 e. The maximum absolute atomic E-state index is 12.3. The third-order valence-electron chi connectivity index (χ3n) is 4.32. The minimum absolute atomic E-state index is 0.141. The molecule has 0 spiro atoms. The highest BCUT2D eigenvalue weighted by Gasteiger charge is 2.27. The summed E-state index contributed by atoms with van der Waals surface area (Å²) < 4.78 is 0. The summed E-state index contributed by atoms with van der Waals surface area (Å²) in [6, 6.07) is 8.28. The molecule has 1 heterocycles. The van der Waals surface area contributed by atoms with E-state index in [4.69, 9.17) is 0 Å². The lowest BCUT2D eigenvalue weighted by Gasteiger charge is -2.22. The maximum atomic E-state index is 12.3. The Labute approximate surface area is 127 Å². The predicted octanol–water partition coefficient (Wildman–Crippen LogP) is 1.66. The van der Waals surface area contributed by atoms with Crippen molar-refractivity contribution in [2.75, 3.05) is 26.7 Å². The van der Waals surface area contributed by atoms with E-state index in [2.05, 4.69) is 36.1 Å². The topological polar surface area (TPSA) is 43.8 Å². The van der Waals surface area contributed by atoms with Crippen LogP contribution < -0.4 is 0 Å². The molecule has 21 heavy (non-hydrogen) atoms. The van der Waals surface area contributed by atoms with E-state index in [0.717, 1.165) is 25.1 Å². The van der Waals surface area contributed by atoms with E-state index in [-0.39, 0.29) is 12.0 Å². The number of carbonyl (C=O) groups is 1. The third-order valence-corrected chi connectivity index (χ3v) is 4.32. The molecule has 2 atom stereocenters. The lowest BCUT2D eigenvalue weighted by atomic mass is 10.0. The summed E-state index contributed by atoms with van der Waals surface area (Å²) in [6.07, 6.45) is 0.697. The van der Waals surface area contributed by atoms with Gasteiger partial charge in [0.15, 0.2) is 0 Å². The van der Waals surface area contributed by atoms with Gasteiger partial charge in [0.25, 0.3) is 0 Å². The summed E-state index contributed by atoms with van der Waals surface area (Å²) in [5, 5.41) is 9.61. The molecule has 1 aromatic rings. The number of hydrogen-bond acceptors (Lipinski definition) is 3. The Bertz CT molecular complexity index is 470. The number of likely N-dealkylation sites (N-methyl/N-ethyl adjacent to an activating group) is 1. The monoisotopic (exact) mass is 290 g/mol. The first-order valence-corrected chi connectivity index (χ1v) is 7.65. The van der Waals surface area contributed by atoms with Gasteiger partial charge in [-0.25, -0.2) is 0 Å². The van der Waals surface area contributed by atoms with E-state index in [0.29, 0.717) is 19.0 Å². The zero-order valence-corrected chi connectivity index (χ0v) is 13.2. The van der Waals surface area contributed by atoms with Crippen molar-refractivity contribution >= 4 is 5.91 Å². The first-order valence-electron chi connectivity index (χ1n) is 7.65. The van der Waals surface area contributed by atoms with E-state index in [1.54, 1.807) is 4.90 Å². The molecule has 1 fully saturated rings. The summed E-state index contributed by atoms with van der Waals surface area (Å²) in [6.45, 7) is 6.71.